The highest BCUT2D eigenvalue weighted by atomic mass is 16.6. The van der Waals surface area contributed by atoms with Crippen LogP contribution in [0.1, 0.15) is 74.1 Å². The molecule has 204 valence electrons. The molecule has 8 nitrogen and oxygen atoms in total. The van der Waals surface area contributed by atoms with E-state index in [1.54, 1.807) is 63.1 Å². The van der Waals surface area contributed by atoms with Crippen LogP contribution in [0.15, 0.2) is 42.5 Å². The Kier molecular flexibility index (Phi) is 10.2. The molecule has 0 saturated carbocycles. The van der Waals surface area contributed by atoms with Crippen LogP contribution in [0.2, 0.25) is 0 Å². The fourth-order valence-electron chi connectivity index (χ4n) is 3.48. The first kappa shape index (κ1) is 29.8. The second-order valence-electron chi connectivity index (χ2n) is 11.0. The molecule has 0 aliphatic rings. The Morgan fingerprint density at radius 2 is 1.38 bits per heavy atom. The number of nitrogens with zero attached hydrogens (tertiary/aromatic N) is 2. The molecule has 0 spiro atoms. The van der Waals surface area contributed by atoms with Crippen molar-refractivity contribution in [2.24, 2.45) is 0 Å². The second-order valence-corrected chi connectivity index (χ2v) is 11.0. The average molecular weight is 514 g/mol. The minimum atomic E-state index is -0.626. The lowest BCUT2D eigenvalue weighted by molar-refractivity contribution is 0.0572. The minimum Gasteiger partial charge on any atom is -0.457 e. The first-order valence-electron chi connectivity index (χ1n) is 12.8. The van der Waals surface area contributed by atoms with E-state index in [2.05, 4.69) is 6.92 Å². The summed E-state index contributed by atoms with van der Waals surface area (Å²) < 4.78 is 17.1. The van der Waals surface area contributed by atoms with Crippen molar-refractivity contribution in [2.75, 3.05) is 29.1 Å². The summed E-state index contributed by atoms with van der Waals surface area (Å²) >= 11 is 0. The van der Waals surface area contributed by atoms with Crippen LogP contribution in [-0.4, -0.2) is 37.0 Å². The number of carbonyl (C=O) groups is 2. The van der Waals surface area contributed by atoms with Crippen LogP contribution in [0.5, 0.6) is 11.5 Å². The van der Waals surface area contributed by atoms with E-state index in [9.17, 15) is 9.59 Å². The van der Waals surface area contributed by atoms with E-state index in [4.69, 9.17) is 19.9 Å². The predicted octanol–water partition coefficient (Wildman–Crippen LogP) is 7.75. The van der Waals surface area contributed by atoms with Crippen molar-refractivity contribution in [3.63, 3.8) is 0 Å². The lowest BCUT2D eigenvalue weighted by Crippen LogP contribution is -2.37. The molecule has 2 amide bonds. The molecule has 0 unspecified atom stereocenters. The third-order valence-electron chi connectivity index (χ3n) is 5.26. The number of nitrogen functional groups attached to an aromatic ring is 1. The van der Waals surface area contributed by atoms with E-state index in [0.717, 1.165) is 31.4 Å². The van der Waals surface area contributed by atoms with Gasteiger partial charge in [-0.15, -0.1) is 0 Å². The number of amides is 2. The number of hydrogen-bond donors (Lipinski definition) is 1. The summed E-state index contributed by atoms with van der Waals surface area (Å²) in [5, 5.41) is 0. The minimum absolute atomic E-state index is 0.369. The Morgan fingerprint density at radius 3 is 1.95 bits per heavy atom. The molecule has 0 aliphatic carbocycles. The van der Waals surface area contributed by atoms with Crippen molar-refractivity contribution < 1.29 is 23.8 Å². The van der Waals surface area contributed by atoms with Crippen LogP contribution in [0, 0.1) is 0 Å². The molecule has 0 saturated heterocycles. The molecule has 0 bridgehead atoms. The van der Waals surface area contributed by atoms with Gasteiger partial charge in [-0.2, -0.15) is 0 Å². The summed E-state index contributed by atoms with van der Waals surface area (Å²) in [7, 11) is 1.60. The molecule has 37 heavy (non-hydrogen) atoms. The Bertz CT molecular complexity index is 1040. The van der Waals surface area contributed by atoms with Gasteiger partial charge in [0.15, 0.2) is 0 Å². The summed E-state index contributed by atoms with van der Waals surface area (Å²) in [4.78, 5) is 28.4. The Morgan fingerprint density at radius 1 is 0.811 bits per heavy atom. The smallest absolute Gasteiger partial charge is 0.414 e. The first-order valence-corrected chi connectivity index (χ1v) is 12.8. The summed E-state index contributed by atoms with van der Waals surface area (Å²) in [5.41, 5.74) is 6.55. The van der Waals surface area contributed by atoms with Gasteiger partial charge in [0, 0.05) is 25.3 Å². The van der Waals surface area contributed by atoms with Gasteiger partial charge in [-0.25, -0.2) is 9.59 Å². The van der Waals surface area contributed by atoms with Crippen LogP contribution < -0.4 is 20.3 Å². The largest absolute Gasteiger partial charge is 0.457 e. The molecule has 2 rings (SSSR count). The highest BCUT2D eigenvalue weighted by molar-refractivity contribution is 5.91. The van der Waals surface area contributed by atoms with E-state index < -0.39 is 17.3 Å². The molecular weight excluding hydrogens is 470 g/mol. The maximum atomic E-state index is 12.9. The van der Waals surface area contributed by atoms with Gasteiger partial charge in [0.25, 0.3) is 0 Å². The van der Waals surface area contributed by atoms with Gasteiger partial charge in [-0.3, -0.25) is 9.80 Å². The number of hydrogen-bond acceptors (Lipinski definition) is 6. The van der Waals surface area contributed by atoms with Gasteiger partial charge in [-0.1, -0.05) is 26.2 Å². The monoisotopic (exact) mass is 513 g/mol. The van der Waals surface area contributed by atoms with Crippen LogP contribution in [-0.2, 0) is 9.47 Å². The molecule has 0 atom stereocenters. The summed E-state index contributed by atoms with van der Waals surface area (Å²) in [6.45, 7) is 13.7. The zero-order valence-electron chi connectivity index (χ0n) is 23.6. The van der Waals surface area contributed by atoms with Gasteiger partial charge in [-0.05, 0) is 84.4 Å². The summed E-state index contributed by atoms with van der Waals surface area (Å²) in [6.07, 6.45) is 3.31. The summed E-state index contributed by atoms with van der Waals surface area (Å²) in [6, 6.07) is 12.4. The normalized spacial score (nSPS) is 11.6. The lowest BCUT2D eigenvalue weighted by Gasteiger charge is -2.27. The summed E-state index contributed by atoms with van der Waals surface area (Å²) in [5.74, 6) is 1.09. The number of unbranched alkanes of at least 4 members (excludes halogenated alkanes) is 3. The van der Waals surface area contributed by atoms with E-state index in [1.807, 2.05) is 32.9 Å². The molecule has 0 fully saturated rings. The standard InChI is InChI=1S/C29H43N3O5/c1-9-10-11-12-19-32(27(34)37-29(5,6)7)21-13-15-22(16-14-21)35-23-17-18-24(30)25(20-23)31(8)26(33)36-28(2,3)4/h13-18,20H,9-12,19,30H2,1-8H3. The number of carbonyl (C=O) groups excluding carboxylic acids is 2. The molecule has 8 heteroatoms. The zero-order valence-corrected chi connectivity index (χ0v) is 23.6. The van der Waals surface area contributed by atoms with E-state index in [0.29, 0.717) is 29.4 Å². The second kappa shape index (κ2) is 12.7. The van der Waals surface area contributed by atoms with Gasteiger partial charge in [0.2, 0.25) is 0 Å². The number of benzene rings is 2. The molecule has 2 aromatic rings. The van der Waals surface area contributed by atoms with Crippen molar-refractivity contribution in [1.82, 2.24) is 0 Å². The van der Waals surface area contributed by atoms with E-state index in [1.165, 1.54) is 4.90 Å². The average Bonchev–Trinajstić information content (AvgIpc) is 2.78. The van der Waals surface area contributed by atoms with Crippen molar-refractivity contribution in [3.05, 3.63) is 42.5 Å². The highest BCUT2D eigenvalue weighted by Gasteiger charge is 2.24. The van der Waals surface area contributed by atoms with Gasteiger partial charge in [0.05, 0.1) is 11.4 Å². The van der Waals surface area contributed by atoms with Crippen LogP contribution in [0.4, 0.5) is 26.7 Å². The van der Waals surface area contributed by atoms with Crippen molar-refractivity contribution in [3.8, 4) is 11.5 Å². The molecular formula is C29H43N3O5. The van der Waals surface area contributed by atoms with Crippen LogP contribution in [0.3, 0.4) is 0 Å². The molecule has 0 heterocycles. The maximum absolute atomic E-state index is 12.9. The molecule has 2 aromatic carbocycles. The van der Waals surface area contributed by atoms with E-state index >= 15 is 0 Å². The molecule has 0 aromatic heterocycles. The number of anilines is 3. The first-order chi connectivity index (χ1) is 17.2. The number of rotatable bonds is 9. The van der Waals surface area contributed by atoms with Gasteiger partial charge < -0.3 is 19.9 Å². The fraction of sp³-hybridized carbons (Fsp3) is 0.517. The lowest BCUT2D eigenvalue weighted by atomic mass is 10.2. The van der Waals surface area contributed by atoms with Crippen molar-refractivity contribution >= 4 is 29.2 Å². The van der Waals surface area contributed by atoms with Crippen LogP contribution >= 0.6 is 0 Å². The molecule has 0 aliphatic heterocycles. The topological polar surface area (TPSA) is 94.3 Å². The van der Waals surface area contributed by atoms with Crippen molar-refractivity contribution in [1.29, 1.82) is 0 Å². The van der Waals surface area contributed by atoms with Crippen molar-refractivity contribution in [2.45, 2.75) is 85.4 Å². The fourth-order valence-corrected chi connectivity index (χ4v) is 3.48. The quantitative estimate of drug-likeness (QED) is 0.272. The Hall–Kier alpha value is -3.42. The third kappa shape index (κ3) is 9.86. The van der Waals surface area contributed by atoms with E-state index in [-0.39, 0.29) is 6.09 Å². The number of nitrogens with two attached hydrogens (primary N) is 1. The highest BCUT2D eigenvalue weighted by Crippen LogP contribution is 2.32. The predicted molar refractivity (Wildman–Crippen MR) is 150 cm³/mol. The molecule has 2 N–H and O–H groups in total. The van der Waals surface area contributed by atoms with Crippen LogP contribution in [0.25, 0.3) is 0 Å². The Labute approximate surface area is 221 Å². The zero-order chi connectivity index (χ0) is 27.8. The Balaban J connectivity index is 2.19. The van der Waals surface area contributed by atoms with Gasteiger partial charge >= 0.3 is 12.2 Å². The third-order valence-corrected chi connectivity index (χ3v) is 5.26. The van der Waals surface area contributed by atoms with Gasteiger partial charge in [0.1, 0.15) is 22.7 Å². The maximum Gasteiger partial charge on any atom is 0.414 e. The molecule has 0 radical (unpaired) electrons. The SMILES string of the molecule is CCCCCCN(C(=O)OC(C)(C)C)c1ccc(Oc2ccc(N)c(N(C)C(=O)OC(C)(C)C)c2)cc1. The number of ether oxygens (including phenoxy) is 3.